The molecular weight excluding hydrogens is 288 g/mol. The van der Waals surface area contributed by atoms with Crippen LogP contribution in [0.4, 0.5) is 17.6 Å². The number of carbonyl (C=O) groups excluding carboxylic acids is 1. The summed E-state index contributed by atoms with van der Waals surface area (Å²) in [5.74, 6) is -1.96. The van der Waals surface area contributed by atoms with Crippen LogP contribution >= 0.6 is 0 Å². The van der Waals surface area contributed by atoms with Crippen molar-refractivity contribution < 1.29 is 22.4 Å². The Morgan fingerprint density at radius 3 is 2.48 bits per heavy atom. The Bertz CT molecular complexity index is 488. The molecule has 0 aliphatic rings. The molecule has 1 amide bonds. The molecule has 3 nitrogen and oxygen atoms in total. The van der Waals surface area contributed by atoms with E-state index in [0.29, 0.717) is 18.7 Å². The third-order valence-electron chi connectivity index (χ3n) is 2.99. The van der Waals surface area contributed by atoms with Gasteiger partial charge < -0.3 is 10.6 Å². The normalized spacial score (nSPS) is 11.5. The maximum atomic E-state index is 13.2. The third-order valence-corrected chi connectivity index (χ3v) is 2.99. The summed E-state index contributed by atoms with van der Waals surface area (Å²) in [6, 6.07) is 2.27. The molecule has 0 unspecified atom stereocenters. The van der Waals surface area contributed by atoms with Crippen LogP contribution < -0.4 is 5.73 Å². The molecule has 0 radical (unpaired) electrons. The molecule has 0 aromatic heterocycles. The lowest BCUT2D eigenvalue weighted by Gasteiger charge is -2.22. The van der Waals surface area contributed by atoms with E-state index in [1.54, 1.807) is 0 Å². The molecule has 118 valence electrons. The number of nitrogens with zero attached hydrogens (tertiary/aromatic N) is 1. The molecule has 1 aromatic carbocycles. The van der Waals surface area contributed by atoms with Crippen LogP contribution in [0.25, 0.3) is 0 Å². The largest absolute Gasteiger partial charge is 0.419 e. The third kappa shape index (κ3) is 4.70. The van der Waals surface area contributed by atoms with Crippen LogP contribution in [-0.4, -0.2) is 30.4 Å². The molecule has 7 heteroatoms. The first-order valence-electron chi connectivity index (χ1n) is 6.67. The van der Waals surface area contributed by atoms with Gasteiger partial charge in [-0.3, -0.25) is 4.79 Å². The lowest BCUT2D eigenvalue weighted by Crippen LogP contribution is -2.36. The number of alkyl halides is 3. The van der Waals surface area contributed by atoms with Gasteiger partial charge in [0, 0.05) is 25.2 Å². The number of unbranched alkanes of at least 4 members (excludes halogenated alkanes) is 1. The molecule has 0 spiro atoms. The van der Waals surface area contributed by atoms with Crippen molar-refractivity contribution in [2.24, 2.45) is 5.73 Å². The first-order valence-corrected chi connectivity index (χ1v) is 6.67. The molecule has 1 rings (SSSR count). The van der Waals surface area contributed by atoms with E-state index in [2.05, 4.69) is 0 Å². The van der Waals surface area contributed by atoms with Crippen molar-refractivity contribution in [1.29, 1.82) is 0 Å². The Balaban J connectivity index is 3.05. The lowest BCUT2D eigenvalue weighted by molar-refractivity contribution is -0.140. The second kappa shape index (κ2) is 7.40. The van der Waals surface area contributed by atoms with E-state index in [9.17, 15) is 22.4 Å². The fourth-order valence-corrected chi connectivity index (χ4v) is 1.88. The number of benzene rings is 1. The van der Waals surface area contributed by atoms with Crippen molar-refractivity contribution in [3.8, 4) is 0 Å². The van der Waals surface area contributed by atoms with E-state index >= 15 is 0 Å². The Hall–Kier alpha value is -1.63. The minimum Gasteiger partial charge on any atom is -0.337 e. The SMILES string of the molecule is CCCCN(CCN)C(=O)c1ccc(F)c(C(F)(F)F)c1. The smallest absolute Gasteiger partial charge is 0.337 e. The standard InChI is InChI=1S/C14H18F4N2O/c1-2-3-7-20(8-6-19)13(21)10-4-5-12(15)11(9-10)14(16,17)18/h4-5,9H,2-3,6-8,19H2,1H3. The van der Waals surface area contributed by atoms with Gasteiger partial charge in [0.15, 0.2) is 0 Å². The molecule has 0 aliphatic heterocycles. The quantitative estimate of drug-likeness (QED) is 0.821. The van der Waals surface area contributed by atoms with Crippen LogP contribution in [0.2, 0.25) is 0 Å². The number of halogens is 4. The molecule has 0 bridgehead atoms. The number of amides is 1. The highest BCUT2D eigenvalue weighted by Crippen LogP contribution is 2.32. The summed E-state index contributed by atoms with van der Waals surface area (Å²) < 4.78 is 51.2. The summed E-state index contributed by atoms with van der Waals surface area (Å²) in [5, 5.41) is 0. The zero-order valence-electron chi connectivity index (χ0n) is 11.7. The maximum Gasteiger partial charge on any atom is 0.419 e. The number of hydrogen-bond donors (Lipinski definition) is 1. The number of carbonyl (C=O) groups is 1. The van der Waals surface area contributed by atoms with Crippen LogP contribution in [-0.2, 0) is 6.18 Å². The van der Waals surface area contributed by atoms with Crippen molar-refractivity contribution in [1.82, 2.24) is 4.90 Å². The average molecular weight is 306 g/mol. The van der Waals surface area contributed by atoms with Gasteiger partial charge in [-0.05, 0) is 24.6 Å². The monoisotopic (exact) mass is 306 g/mol. The highest BCUT2D eigenvalue weighted by molar-refractivity contribution is 5.94. The molecule has 21 heavy (non-hydrogen) atoms. The van der Waals surface area contributed by atoms with Crippen molar-refractivity contribution >= 4 is 5.91 Å². The van der Waals surface area contributed by atoms with Gasteiger partial charge in [0.2, 0.25) is 0 Å². The summed E-state index contributed by atoms with van der Waals surface area (Å²) in [6.07, 6.45) is -3.27. The fraction of sp³-hybridized carbons (Fsp3) is 0.500. The molecule has 0 aliphatic carbocycles. The Morgan fingerprint density at radius 1 is 1.29 bits per heavy atom. The Labute approximate surface area is 120 Å². The van der Waals surface area contributed by atoms with Gasteiger partial charge in [0.25, 0.3) is 5.91 Å². The van der Waals surface area contributed by atoms with Crippen LogP contribution in [0.1, 0.15) is 35.7 Å². The second-order valence-electron chi connectivity index (χ2n) is 4.63. The summed E-state index contributed by atoms with van der Waals surface area (Å²) in [6.45, 7) is 2.80. The molecular formula is C14H18F4N2O. The van der Waals surface area contributed by atoms with E-state index < -0.39 is 23.5 Å². The fourth-order valence-electron chi connectivity index (χ4n) is 1.88. The van der Waals surface area contributed by atoms with E-state index in [4.69, 9.17) is 5.73 Å². The Kier molecular flexibility index (Phi) is 6.14. The van der Waals surface area contributed by atoms with Crippen LogP contribution in [0.3, 0.4) is 0 Å². The average Bonchev–Trinajstić information content (AvgIpc) is 2.42. The van der Waals surface area contributed by atoms with Crippen molar-refractivity contribution in [3.05, 3.63) is 35.1 Å². The predicted molar refractivity (Wildman–Crippen MR) is 71.3 cm³/mol. The first-order chi connectivity index (χ1) is 9.81. The van der Waals surface area contributed by atoms with Gasteiger partial charge in [-0.2, -0.15) is 13.2 Å². The second-order valence-corrected chi connectivity index (χ2v) is 4.63. The highest BCUT2D eigenvalue weighted by atomic mass is 19.4. The van der Waals surface area contributed by atoms with E-state index in [-0.39, 0.29) is 18.7 Å². The predicted octanol–water partition coefficient (Wildman–Crippen LogP) is 3.05. The van der Waals surface area contributed by atoms with E-state index in [1.165, 1.54) is 4.90 Å². The van der Waals surface area contributed by atoms with E-state index in [0.717, 1.165) is 18.9 Å². The number of rotatable bonds is 6. The van der Waals surface area contributed by atoms with Gasteiger partial charge in [-0.25, -0.2) is 4.39 Å². The van der Waals surface area contributed by atoms with Gasteiger partial charge in [-0.15, -0.1) is 0 Å². The minimum atomic E-state index is -4.83. The van der Waals surface area contributed by atoms with Crippen LogP contribution in [0.15, 0.2) is 18.2 Å². The zero-order chi connectivity index (χ0) is 16.0. The van der Waals surface area contributed by atoms with Gasteiger partial charge >= 0.3 is 6.18 Å². The Morgan fingerprint density at radius 2 is 1.95 bits per heavy atom. The van der Waals surface area contributed by atoms with E-state index in [1.807, 2.05) is 6.92 Å². The van der Waals surface area contributed by atoms with Gasteiger partial charge in [0.1, 0.15) is 5.82 Å². The van der Waals surface area contributed by atoms with Crippen molar-refractivity contribution in [3.63, 3.8) is 0 Å². The summed E-state index contributed by atoms with van der Waals surface area (Å²) in [4.78, 5) is 13.6. The minimum absolute atomic E-state index is 0.187. The molecule has 0 heterocycles. The molecule has 0 atom stereocenters. The van der Waals surface area contributed by atoms with Crippen LogP contribution in [0, 0.1) is 5.82 Å². The molecule has 0 fully saturated rings. The summed E-state index contributed by atoms with van der Waals surface area (Å²) in [7, 11) is 0. The summed E-state index contributed by atoms with van der Waals surface area (Å²) in [5.41, 5.74) is 3.79. The maximum absolute atomic E-state index is 13.2. The lowest BCUT2D eigenvalue weighted by atomic mass is 10.1. The molecule has 0 saturated carbocycles. The van der Waals surface area contributed by atoms with Gasteiger partial charge in [-0.1, -0.05) is 13.3 Å². The first kappa shape index (κ1) is 17.4. The van der Waals surface area contributed by atoms with Crippen molar-refractivity contribution in [2.75, 3.05) is 19.6 Å². The number of nitrogens with two attached hydrogens (primary N) is 1. The molecule has 0 saturated heterocycles. The van der Waals surface area contributed by atoms with Crippen molar-refractivity contribution in [2.45, 2.75) is 25.9 Å². The van der Waals surface area contributed by atoms with Gasteiger partial charge in [0.05, 0.1) is 5.56 Å². The van der Waals surface area contributed by atoms with Crippen LogP contribution in [0.5, 0.6) is 0 Å². The summed E-state index contributed by atoms with van der Waals surface area (Å²) >= 11 is 0. The zero-order valence-corrected chi connectivity index (χ0v) is 11.7. The number of hydrogen-bond acceptors (Lipinski definition) is 2. The topological polar surface area (TPSA) is 46.3 Å². The molecule has 1 aromatic rings. The highest BCUT2D eigenvalue weighted by Gasteiger charge is 2.35. The molecule has 2 N–H and O–H groups in total.